The molecule has 0 saturated heterocycles. The largest absolute Gasteiger partial charge is 0.491 e. The Morgan fingerprint density at radius 1 is 1.03 bits per heavy atom. The summed E-state index contributed by atoms with van der Waals surface area (Å²) >= 11 is 0. The predicted molar refractivity (Wildman–Crippen MR) is 113 cm³/mol. The summed E-state index contributed by atoms with van der Waals surface area (Å²) in [5, 5.41) is 16.3. The van der Waals surface area contributed by atoms with Crippen LogP contribution in [-0.4, -0.2) is 48.0 Å². The average Bonchev–Trinajstić information content (AvgIpc) is 2.77. The van der Waals surface area contributed by atoms with Gasteiger partial charge in [-0.3, -0.25) is 14.8 Å². The number of pyridine rings is 2. The van der Waals surface area contributed by atoms with E-state index in [1.807, 2.05) is 16.8 Å². The zero-order valence-corrected chi connectivity index (χ0v) is 16.0. The number of aliphatic hydroxyl groups is 1. The second-order valence-electron chi connectivity index (χ2n) is 6.73. The fourth-order valence-electron chi connectivity index (χ4n) is 3.22. The zero-order valence-electron chi connectivity index (χ0n) is 16.0. The average molecular weight is 401 g/mol. The fraction of sp³-hybridized carbons (Fsp3) is 0.143. The van der Waals surface area contributed by atoms with Crippen LogP contribution in [0.1, 0.15) is 5.56 Å². The van der Waals surface area contributed by atoms with Gasteiger partial charge >= 0.3 is 0 Å². The first-order valence-corrected chi connectivity index (χ1v) is 9.50. The molecule has 30 heavy (non-hydrogen) atoms. The third kappa shape index (κ3) is 3.65. The molecule has 5 aromatic rings. The van der Waals surface area contributed by atoms with Crippen LogP contribution in [0.25, 0.3) is 22.2 Å². The molecule has 1 aromatic carbocycles. The van der Waals surface area contributed by atoms with Gasteiger partial charge in [0.1, 0.15) is 18.2 Å². The van der Waals surface area contributed by atoms with Crippen LogP contribution in [0.2, 0.25) is 0 Å². The number of nitrogens with zero attached hydrogens (tertiary/aromatic N) is 5. The highest BCUT2D eigenvalue weighted by molar-refractivity contribution is 5.79. The highest BCUT2D eigenvalue weighted by Crippen LogP contribution is 2.21. The van der Waals surface area contributed by atoms with Crippen molar-refractivity contribution in [3.63, 3.8) is 0 Å². The van der Waals surface area contributed by atoms with Crippen molar-refractivity contribution in [2.75, 3.05) is 18.5 Å². The smallest absolute Gasteiger partial charge is 0.194 e. The van der Waals surface area contributed by atoms with Crippen LogP contribution >= 0.6 is 0 Å². The monoisotopic (exact) mass is 401 g/mol. The number of fused-ring (bicyclic) bond motifs is 2. The highest BCUT2D eigenvalue weighted by atomic mass is 16.5. The summed E-state index contributed by atoms with van der Waals surface area (Å²) < 4.78 is 7.36. The molecule has 0 aliphatic rings. The molecule has 0 radical (unpaired) electrons. The van der Waals surface area contributed by atoms with E-state index in [1.165, 1.54) is 0 Å². The molecule has 4 heterocycles. The van der Waals surface area contributed by atoms with E-state index in [1.54, 1.807) is 30.7 Å². The Labute approximate surface area is 171 Å². The summed E-state index contributed by atoms with van der Waals surface area (Å²) in [5.74, 6) is 1.78. The topological polar surface area (TPSA) is 114 Å². The van der Waals surface area contributed by atoms with Gasteiger partial charge in [0.05, 0.1) is 24.9 Å². The lowest BCUT2D eigenvalue weighted by Gasteiger charge is -2.16. The molecule has 150 valence electrons. The quantitative estimate of drug-likeness (QED) is 0.384. The molecule has 3 N–H and O–H groups in total. The molecule has 0 atom stereocenters. The molecule has 0 unspecified atom stereocenters. The van der Waals surface area contributed by atoms with Gasteiger partial charge in [-0.25, -0.2) is 15.0 Å². The van der Waals surface area contributed by atoms with Gasteiger partial charge in [0.25, 0.3) is 0 Å². The molecule has 0 aliphatic carbocycles. The Hall–Kier alpha value is -3.98. The van der Waals surface area contributed by atoms with Crippen molar-refractivity contribution >= 4 is 33.8 Å². The van der Waals surface area contributed by atoms with Crippen molar-refractivity contribution in [3.05, 3.63) is 66.6 Å². The Kier molecular flexibility index (Phi) is 4.70. The Morgan fingerprint density at radius 2 is 2.00 bits per heavy atom. The molecule has 0 spiro atoms. The SMILES string of the molecule is OCCOc1ccnc(Nc2cnc3[nH]n(Cc4ccc5ncccc5c4)c3n2)c1. The predicted octanol–water partition coefficient (Wildman–Crippen LogP) is 2.87. The first-order chi connectivity index (χ1) is 14.8. The lowest BCUT2D eigenvalue weighted by atomic mass is 10.1. The number of aromatic amines is 1. The second kappa shape index (κ2) is 7.80. The number of anilines is 2. The van der Waals surface area contributed by atoms with Gasteiger partial charge in [-0.1, -0.05) is 12.1 Å². The third-order valence-corrected chi connectivity index (χ3v) is 4.61. The molecule has 4 aromatic heterocycles. The molecule has 9 heteroatoms. The van der Waals surface area contributed by atoms with Crippen molar-refractivity contribution in [1.82, 2.24) is 29.7 Å². The van der Waals surface area contributed by atoms with Crippen LogP contribution in [0.4, 0.5) is 11.6 Å². The minimum Gasteiger partial charge on any atom is -0.491 e. The van der Waals surface area contributed by atoms with Crippen molar-refractivity contribution < 1.29 is 9.84 Å². The number of ether oxygens (including phenoxy) is 1. The van der Waals surface area contributed by atoms with Crippen molar-refractivity contribution in [3.8, 4) is 5.75 Å². The summed E-state index contributed by atoms with van der Waals surface area (Å²) in [5.41, 5.74) is 3.61. The maximum absolute atomic E-state index is 8.89. The third-order valence-electron chi connectivity index (χ3n) is 4.61. The van der Waals surface area contributed by atoms with E-state index in [0.29, 0.717) is 23.9 Å². The first kappa shape index (κ1) is 18.1. The number of rotatable bonds is 7. The molecule has 9 nitrogen and oxygen atoms in total. The first-order valence-electron chi connectivity index (χ1n) is 9.50. The van der Waals surface area contributed by atoms with E-state index in [4.69, 9.17) is 9.84 Å². The van der Waals surface area contributed by atoms with Crippen LogP contribution in [0, 0.1) is 0 Å². The van der Waals surface area contributed by atoms with Gasteiger partial charge in [-0.05, 0) is 29.8 Å². The molecule has 0 amide bonds. The normalized spacial score (nSPS) is 11.2. The molecule has 0 bridgehead atoms. The van der Waals surface area contributed by atoms with Crippen LogP contribution in [-0.2, 0) is 6.54 Å². The van der Waals surface area contributed by atoms with E-state index in [2.05, 4.69) is 48.6 Å². The van der Waals surface area contributed by atoms with Gasteiger partial charge in [0, 0.05) is 23.8 Å². The number of hydrogen-bond acceptors (Lipinski definition) is 7. The lowest BCUT2D eigenvalue weighted by molar-refractivity contribution is 0.201. The number of H-pyrrole nitrogens is 1. The Morgan fingerprint density at radius 3 is 2.93 bits per heavy atom. The molecule has 0 aliphatic heterocycles. The molecular weight excluding hydrogens is 382 g/mol. The number of aromatic nitrogens is 6. The maximum atomic E-state index is 8.89. The molecule has 0 saturated carbocycles. The van der Waals surface area contributed by atoms with Crippen LogP contribution in [0.5, 0.6) is 5.75 Å². The zero-order chi connectivity index (χ0) is 20.3. The summed E-state index contributed by atoms with van der Waals surface area (Å²) in [6.45, 7) is 0.838. The van der Waals surface area contributed by atoms with Crippen LogP contribution < -0.4 is 10.1 Å². The molecule has 5 rings (SSSR count). The fourth-order valence-corrected chi connectivity index (χ4v) is 3.22. The minimum absolute atomic E-state index is 0.0437. The maximum Gasteiger partial charge on any atom is 0.194 e. The molecule has 0 fully saturated rings. The summed E-state index contributed by atoms with van der Waals surface area (Å²) in [7, 11) is 0. The highest BCUT2D eigenvalue weighted by Gasteiger charge is 2.11. The van der Waals surface area contributed by atoms with Gasteiger partial charge in [-0.2, -0.15) is 0 Å². The lowest BCUT2D eigenvalue weighted by Crippen LogP contribution is -2.15. The van der Waals surface area contributed by atoms with E-state index >= 15 is 0 Å². The Bertz CT molecular complexity index is 1310. The van der Waals surface area contributed by atoms with Crippen LogP contribution in [0.3, 0.4) is 0 Å². The van der Waals surface area contributed by atoms with Gasteiger partial charge < -0.3 is 15.2 Å². The van der Waals surface area contributed by atoms with E-state index in [9.17, 15) is 0 Å². The van der Waals surface area contributed by atoms with E-state index in [-0.39, 0.29) is 13.2 Å². The van der Waals surface area contributed by atoms with Gasteiger partial charge in [0.15, 0.2) is 17.1 Å². The number of hydrogen-bond donors (Lipinski definition) is 3. The van der Waals surface area contributed by atoms with E-state index < -0.39 is 0 Å². The minimum atomic E-state index is -0.0437. The standard InChI is InChI=1S/C21H19N7O2/c29-8-9-30-16-5-7-23-18(11-16)25-19-12-24-20-21(26-19)28(27-20)13-14-3-4-17-15(10-14)2-1-6-22-17/h1-7,10-12,29H,8-9,13H2,(H,24,27)(H,23,25,26). The number of nitrogens with one attached hydrogen (secondary N) is 2. The summed E-state index contributed by atoms with van der Waals surface area (Å²) in [6.07, 6.45) is 5.07. The number of benzene rings is 1. The Balaban J connectivity index is 1.35. The summed E-state index contributed by atoms with van der Waals surface area (Å²) in [6, 6.07) is 13.7. The van der Waals surface area contributed by atoms with Crippen molar-refractivity contribution in [2.45, 2.75) is 6.54 Å². The number of aliphatic hydroxyl groups excluding tert-OH is 1. The van der Waals surface area contributed by atoms with Gasteiger partial charge in [0.2, 0.25) is 0 Å². The van der Waals surface area contributed by atoms with Crippen molar-refractivity contribution in [2.24, 2.45) is 0 Å². The van der Waals surface area contributed by atoms with Crippen LogP contribution in [0.15, 0.2) is 61.1 Å². The van der Waals surface area contributed by atoms with Crippen molar-refractivity contribution in [1.29, 1.82) is 0 Å². The molecular formula is C21H19N7O2. The van der Waals surface area contributed by atoms with E-state index in [0.717, 1.165) is 27.8 Å². The second-order valence-corrected chi connectivity index (χ2v) is 6.73. The van der Waals surface area contributed by atoms with Gasteiger partial charge in [-0.15, -0.1) is 0 Å². The summed E-state index contributed by atoms with van der Waals surface area (Å²) in [4.78, 5) is 17.7.